The summed E-state index contributed by atoms with van der Waals surface area (Å²) in [6, 6.07) is 6.06. The smallest absolute Gasteiger partial charge is 0.306 e. The van der Waals surface area contributed by atoms with Crippen molar-refractivity contribution < 1.29 is 24.4 Å². The number of hydrogen-bond acceptors (Lipinski definition) is 6. The van der Waals surface area contributed by atoms with Gasteiger partial charge in [-0.3, -0.25) is 19.7 Å². The molecular formula is C14H17N3O6. The molecule has 1 heterocycles. The lowest BCUT2D eigenvalue weighted by Gasteiger charge is -2.32. The number of aliphatic carboxylic acids is 1. The summed E-state index contributed by atoms with van der Waals surface area (Å²) in [7, 11) is 0. The lowest BCUT2D eigenvalue weighted by atomic mass is 10.2. The predicted molar refractivity (Wildman–Crippen MR) is 80.2 cm³/mol. The van der Waals surface area contributed by atoms with Gasteiger partial charge in [0.25, 0.3) is 5.69 Å². The number of carbonyl (C=O) groups excluding carboxylic acids is 1. The van der Waals surface area contributed by atoms with E-state index in [0.29, 0.717) is 6.54 Å². The van der Waals surface area contributed by atoms with E-state index >= 15 is 0 Å². The van der Waals surface area contributed by atoms with Gasteiger partial charge in [-0.25, -0.2) is 0 Å². The molecule has 1 atom stereocenters. The average molecular weight is 323 g/mol. The van der Waals surface area contributed by atoms with Gasteiger partial charge in [-0.2, -0.15) is 0 Å². The second-order valence-electron chi connectivity index (χ2n) is 5.06. The normalized spacial score (nSPS) is 17.6. The average Bonchev–Trinajstić information content (AvgIpc) is 2.52. The maximum absolute atomic E-state index is 12.2. The Kier molecular flexibility index (Phi) is 5.47. The first kappa shape index (κ1) is 16.7. The molecule has 2 rings (SSSR count). The predicted octanol–water partition coefficient (Wildman–Crippen LogP) is 0.709. The highest BCUT2D eigenvalue weighted by Gasteiger charge is 2.26. The number of hydrogen-bond donors (Lipinski definition) is 2. The van der Waals surface area contributed by atoms with Crippen LogP contribution in [0.4, 0.5) is 11.4 Å². The molecule has 1 saturated heterocycles. The summed E-state index contributed by atoms with van der Waals surface area (Å²) in [6.45, 7) is 0.733. The summed E-state index contributed by atoms with van der Waals surface area (Å²) in [5, 5.41) is 22.4. The van der Waals surface area contributed by atoms with Crippen LogP contribution < -0.4 is 5.32 Å². The Morgan fingerprint density at radius 3 is 2.87 bits per heavy atom. The van der Waals surface area contributed by atoms with E-state index in [2.05, 4.69) is 5.32 Å². The molecule has 0 bridgehead atoms. The van der Waals surface area contributed by atoms with E-state index in [1.165, 1.54) is 17.0 Å². The number of carboxylic acids is 1. The molecule has 0 aromatic heterocycles. The molecule has 1 amide bonds. The summed E-state index contributed by atoms with van der Waals surface area (Å²) in [5.41, 5.74) is 0.159. The number of amides is 1. The van der Waals surface area contributed by atoms with Gasteiger partial charge in [-0.1, -0.05) is 12.1 Å². The van der Waals surface area contributed by atoms with Crippen LogP contribution in [0.3, 0.4) is 0 Å². The van der Waals surface area contributed by atoms with Gasteiger partial charge in [0.2, 0.25) is 5.91 Å². The second kappa shape index (κ2) is 7.54. The van der Waals surface area contributed by atoms with Crippen molar-refractivity contribution in [3.05, 3.63) is 34.4 Å². The third-order valence-corrected chi connectivity index (χ3v) is 3.42. The van der Waals surface area contributed by atoms with Crippen LogP contribution in [0.2, 0.25) is 0 Å². The van der Waals surface area contributed by atoms with Crippen molar-refractivity contribution in [2.75, 3.05) is 31.6 Å². The van der Waals surface area contributed by atoms with Crippen LogP contribution in [0.15, 0.2) is 24.3 Å². The lowest BCUT2D eigenvalue weighted by Crippen LogP contribution is -2.48. The molecule has 2 N–H and O–H groups in total. The molecular weight excluding hydrogens is 306 g/mol. The number of nitrogens with zero attached hydrogens (tertiary/aromatic N) is 2. The molecule has 1 aliphatic rings. The monoisotopic (exact) mass is 323 g/mol. The maximum Gasteiger partial charge on any atom is 0.306 e. The van der Waals surface area contributed by atoms with E-state index < -0.39 is 17.0 Å². The highest BCUT2D eigenvalue weighted by atomic mass is 16.6. The Labute approximate surface area is 132 Å². The Balaban J connectivity index is 1.92. The van der Waals surface area contributed by atoms with E-state index in [0.717, 1.165) is 0 Å². The van der Waals surface area contributed by atoms with Gasteiger partial charge < -0.3 is 20.1 Å². The van der Waals surface area contributed by atoms with E-state index in [-0.39, 0.29) is 43.4 Å². The summed E-state index contributed by atoms with van der Waals surface area (Å²) in [5.74, 6) is -1.25. The third-order valence-electron chi connectivity index (χ3n) is 3.42. The zero-order valence-corrected chi connectivity index (χ0v) is 12.3. The van der Waals surface area contributed by atoms with Crippen LogP contribution in [0, 0.1) is 10.1 Å². The topological polar surface area (TPSA) is 122 Å². The second-order valence-corrected chi connectivity index (χ2v) is 5.06. The quantitative estimate of drug-likeness (QED) is 0.584. The number of anilines is 1. The number of ether oxygens (including phenoxy) is 1. The molecule has 1 aliphatic heterocycles. The van der Waals surface area contributed by atoms with Crippen LogP contribution in [-0.4, -0.2) is 59.2 Å². The number of nitro benzene ring substituents is 1. The molecule has 9 nitrogen and oxygen atoms in total. The van der Waals surface area contributed by atoms with Gasteiger partial charge in [0.15, 0.2) is 0 Å². The van der Waals surface area contributed by atoms with Crippen molar-refractivity contribution in [1.29, 1.82) is 0 Å². The summed E-state index contributed by atoms with van der Waals surface area (Å²) >= 11 is 0. The highest BCUT2D eigenvalue weighted by molar-refractivity contribution is 5.82. The molecule has 1 aromatic rings. The van der Waals surface area contributed by atoms with Crippen molar-refractivity contribution in [3.63, 3.8) is 0 Å². The first-order valence-electron chi connectivity index (χ1n) is 7.06. The summed E-state index contributed by atoms with van der Waals surface area (Å²) < 4.78 is 5.30. The van der Waals surface area contributed by atoms with Gasteiger partial charge in [-0.15, -0.1) is 0 Å². The number of rotatable bonds is 6. The molecule has 9 heteroatoms. The molecule has 1 unspecified atom stereocenters. The minimum atomic E-state index is -0.984. The molecule has 1 fully saturated rings. The van der Waals surface area contributed by atoms with Crippen LogP contribution in [0.25, 0.3) is 0 Å². The third kappa shape index (κ3) is 4.65. The molecule has 0 aliphatic carbocycles. The van der Waals surface area contributed by atoms with Gasteiger partial charge in [-0.05, 0) is 6.07 Å². The van der Waals surface area contributed by atoms with Crippen molar-refractivity contribution >= 4 is 23.3 Å². The fraction of sp³-hybridized carbons (Fsp3) is 0.429. The maximum atomic E-state index is 12.2. The van der Waals surface area contributed by atoms with Crippen molar-refractivity contribution in [3.8, 4) is 0 Å². The number of nitrogens with one attached hydrogen (secondary N) is 1. The molecule has 124 valence electrons. The number of para-hydroxylation sites is 2. The highest BCUT2D eigenvalue weighted by Crippen LogP contribution is 2.22. The zero-order valence-electron chi connectivity index (χ0n) is 12.3. The molecule has 0 radical (unpaired) electrons. The van der Waals surface area contributed by atoms with E-state index in [1.54, 1.807) is 12.1 Å². The van der Waals surface area contributed by atoms with E-state index in [9.17, 15) is 19.7 Å². The van der Waals surface area contributed by atoms with Crippen LogP contribution >= 0.6 is 0 Å². The van der Waals surface area contributed by atoms with Crippen molar-refractivity contribution in [1.82, 2.24) is 4.90 Å². The number of carboxylic acid groups (broad SMARTS) is 1. The number of morpholine rings is 1. The van der Waals surface area contributed by atoms with Crippen LogP contribution in [0.5, 0.6) is 0 Å². The van der Waals surface area contributed by atoms with Gasteiger partial charge in [0.05, 0.1) is 30.6 Å². The van der Waals surface area contributed by atoms with Crippen LogP contribution in [-0.2, 0) is 14.3 Å². The van der Waals surface area contributed by atoms with Gasteiger partial charge >= 0.3 is 5.97 Å². The van der Waals surface area contributed by atoms with Gasteiger partial charge in [0, 0.05) is 19.2 Å². The largest absolute Gasteiger partial charge is 0.481 e. The van der Waals surface area contributed by atoms with Gasteiger partial charge in [0.1, 0.15) is 5.69 Å². The number of carbonyl (C=O) groups is 2. The molecule has 0 saturated carbocycles. The van der Waals surface area contributed by atoms with E-state index in [4.69, 9.17) is 9.84 Å². The van der Waals surface area contributed by atoms with Crippen molar-refractivity contribution in [2.24, 2.45) is 0 Å². The molecule has 1 aromatic carbocycles. The lowest BCUT2D eigenvalue weighted by molar-refractivity contribution is -0.383. The van der Waals surface area contributed by atoms with E-state index in [1.807, 2.05) is 0 Å². The fourth-order valence-corrected chi connectivity index (χ4v) is 2.33. The zero-order chi connectivity index (χ0) is 16.8. The Hall–Kier alpha value is -2.68. The number of benzene rings is 1. The minimum absolute atomic E-state index is 0.106. The Morgan fingerprint density at radius 1 is 1.43 bits per heavy atom. The van der Waals surface area contributed by atoms with Crippen molar-refractivity contribution in [2.45, 2.75) is 12.5 Å². The minimum Gasteiger partial charge on any atom is -0.481 e. The first-order chi connectivity index (χ1) is 11.0. The summed E-state index contributed by atoms with van der Waals surface area (Å²) in [6.07, 6.45) is -0.697. The molecule has 0 spiro atoms. The standard InChI is InChI=1S/C14H17N3O6/c18-13(16-5-6-23-10(9-16)7-14(19)20)8-15-11-3-1-2-4-12(11)17(21)22/h1-4,10,15H,5-9H2,(H,19,20). The van der Waals surface area contributed by atoms with Crippen LogP contribution in [0.1, 0.15) is 6.42 Å². The Bertz CT molecular complexity index is 606. The fourth-order valence-electron chi connectivity index (χ4n) is 2.33. The SMILES string of the molecule is O=C(O)CC1CN(C(=O)CNc2ccccc2[N+](=O)[O-])CCO1. The Morgan fingerprint density at radius 2 is 2.17 bits per heavy atom. The summed E-state index contributed by atoms with van der Waals surface area (Å²) in [4.78, 5) is 34.8. The number of nitro groups is 1. The molecule has 23 heavy (non-hydrogen) atoms. The first-order valence-corrected chi connectivity index (χ1v) is 7.06.